The minimum atomic E-state index is -0.940. The summed E-state index contributed by atoms with van der Waals surface area (Å²) >= 11 is 0. The van der Waals surface area contributed by atoms with Gasteiger partial charge >= 0.3 is 0 Å². The molecule has 1 saturated carbocycles. The van der Waals surface area contributed by atoms with Crippen molar-refractivity contribution >= 4 is 5.91 Å². The lowest BCUT2D eigenvalue weighted by Crippen LogP contribution is -2.47. The van der Waals surface area contributed by atoms with Crippen molar-refractivity contribution in [2.75, 3.05) is 20.3 Å². The van der Waals surface area contributed by atoms with E-state index in [1.165, 1.54) is 12.8 Å². The predicted octanol–water partition coefficient (Wildman–Crippen LogP) is 0.0175. The summed E-state index contributed by atoms with van der Waals surface area (Å²) in [5.74, 6) is 0.458. The van der Waals surface area contributed by atoms with E-state index in [1.807, 2.05) is 0 Å². The van der Waals surface area contributed by atoms with E-state index in [1.54, 1.807) is 14.0 Å². The highest BCUT2D eigenvalue weighted by Gasteiger charge is 2.28. The molecule has 0 radical (unpaired) electrons. The Balaban J connectivity index is 2.20. The van der Waals surface area contributed by atoms with Crippen LogP contribution in [0.2, 0.25) is 0 Å². The van der Waals surface area contributed by atoms with Crippen LogP contribution in [0.3, 0.4) is 0 Å². The van der Waals surface area contributed by atoms with Crippen LogP contribution in [-0.2, 0) is 9.53 Å². The van der Waals surface area contributed by atoms with Gasteiger partial charge in [-0.1, -0.05) is 12.8 Å². The molecular weight excluding hydrogens is 220 g/mol. The summed E-state index contributed by atoms with van der Waals surface area (Å²) in [6, 6.07) is -0.444. The summed E-state index contributed by atoms with van der Waals surface area (Å²) in [5.41, 5.74) is 4.83. The number of ether oxygens (including phenoxy) is 1. The van der Waals surface area contributed by atoms with Gasteiger partial charge in [0, 0.05) is 26.7 Å². The highest BCUT2D eigenvalue weighted by molar-refractivity contribution is 5.81. The maximum Gasteiger partial charge on any atom is 0.237 e. The van der Waals surface area contributed by atoms with Crippen molar-refractivity contribution in [2.24, 2.45) is 11.7 Å². The third kappa shape index (κ3) is 6.00. The topological polar surface area (TPSA) is 84.6 Å². The molecule has 0 spiro atoms. The number of methoxy groups -OCH3 is 1. The molecule has 17 heavy (non-hydrogen) atoms. The van der Waals surface area contributed by atoms with E-state index in [2.05, 4.69) is 5.32 Å². The van der Waals surface area contributed by atoms with Crippen molar-refractivity contribution in [3.05, 3.63) is 0 Å². The van der Waals surface area contributed by atoms with Crippen LogP contribution in [0.4, 0.5) is 0 Å². The van der Waals surface area contributed by atoms with Gasteiger partial charge in [0.1, 0.15) is 0 Å². The predicted molar refractivity (Wildman–Crippen MR) is 65.4 cm³/mol. The molecule has 1 aliphatic rings. The number of carbonyl (C=O) groups excluding carboxylic acids is 1. The minimum absolute atomic E-state index is 0.172. The van der Waals surface area contributed by atoms with Gasteiger partial charge in [0.05, 0.1) is 11.6 Å². The molecule has 5 nitrogen and oxygen atoms in total. The molecule has 0 aromatic carbocycles. The maximum absolute atomic E-state index is 11.6. The van der Waals surface area contributed by atoms with Crippen molar-refractivity contribution in [1.29, 1.82) is 0 Å². The third-order valence-corrected chi connectivity index (χ3v) is 3.11. The van der Waals surface area contributed by atoms with Crippen LogP contribution >= 0.6 is 0 Å². The first-order valence-electron chi connectivity index (χ1n) is 6.19. The molecule has 2 unspecified atom stereocenters. The fourth-order valence-electron chi connectivity index (χ4n) is 1.64. The lowest BCUT2D eigenvalue weighted by molar-refractivity contribution is -0.123. The van der Waals surface area contributed by atoms with Crippen molar-refractivity contribution in [3.8, 4) is 0 Å². The fraction of sp³-hybridized carbons (Fsp3) is 0.917. The Labute approximate surface area is 103 Å². The summed E-state index contributed by atoms with van der Waals surface area (Å²) in [6.07, 6.45) is 3.62. The lowest BCUT2D eigenvalue weighted by atomic mass is 10.0. The van der Waals surface area contributed by atoms with Gasteiger partial charge in [0.2, 0.25) is 5.91 Å². The van der Waals surface area contributed by atoms with Gasteiger partial charge in [0.25, 0.3) is 0 Å². The molecule has 0 saturated heterocycles. The SMILES string of the molecule is COCCC(C)(O)CNC(=O)C(N)CC1CC1. The van der Waals surface area contributed by atoms with E-state index in [0.717, 1.165) is 6.42 Å². The van der Waals surface area contributed by atoms with Crippen molar-refractivity contribution in [1.82, 2.24) is 5.32 Å². The monoisotopic (exact) mass is 244 g/mol. The molecule has 1 amide bonds. The maximum atomic E-state index is 11.6. The van der Waals surface area contributed by atoms with Gasteiger partial charge in [-0.2, -0.15) is 0 Å². The fourth-order valence-corrected chi connectivity index (χ4v) is 1.64. The molecule has 100 valence electrons. The number of carbonyl (C=O) groups is 1. The lowest BCUT2D eigenvalue weighted by Gasteiger charge is -2.24. The Morgan fingerprint density at radius 2 is 2.29 bits per heavy atom. The van der Waals surface area contributed by atoms with E-state index in [9.17, 15) is 9.90 Å². The molecule has 1 fully saturated rings. The van der Waals surface area contributed by atoms with Crippen LogP contribution in [0.5, 0.6) is 0 Å². The average Bonchev–Trinajstić information content (AvgIpc) is 3.07. The summed E-state index contributed by atoms with van der Waals surface area (Å²) in [7, 11) is 1.58. The molecule has 5 heteroatoms. The van der Waals surface area contributed by atoms with Crippen LogP contribution < -0.4 is 11.1 Å². The van der Waals surface area contributed by atoms with Crippen molar-refractivity contribution < 1.29 is 14.6 Å². The molecule has 0 aliphatic heterocycles. The standard InChI is InChI=1S/C12H24N2O3/c1-12(16,5-6-17-2)8-14-11(15)10(13)7-9-3-4-9/h9-10,16H,3-8,13H2,1-2H3,(H,14,15). The van der Waals surface area contributed by atoms with E-state index >= 15 is 0 Å². The molecule has 1 rings (SSSR count). The molecular formula is C12H24N2O3. The van der Waals surface area contributed by atoms with E-state index in [0.29, 0.717) is 18.9 Å². The van der Waals surface area contributed by atoms with Gasteiger partial charge in [0.15, 0.2) is 0 Å². The number of nitrogens with one attached hydrogen (secondary N) is 1. The molecule has 0 bridgehead atoms. The van der Waals surface area contributed by atoms with Gasteiger partial charge < -0.3 is 20.9 Å². The zero-order valence-corrected chi connectivity index (χ0v) is 10.7. The molecule has 2 atom stereocenters. The normalized spacial score (nSPS) is 20.7. The zero-order valence-electron chi connectivity index (χ0n) is 10.7. The van der Waals surface area contributed by atoms with Gasteiger partial charge in [-0.25, -0.2) is 0 Å². The first kappa shape index (κ1) is 14.4. The average molecular weight is 244 g/mol. The summed E-state index contributed by atoms with van der Waals surface area (Å²) in [4.78, 5) is 11.6. The third-order valence-electron chi connectivity index (χ3n) is 3.11. The number of amides is 1. The molecule has 0 aromatic rings. The Bertz CT molecular complexity index is 252. The number of aliphatic hydroxyl groups is 1. The summed E-state index contributed by atoms with van der Waals surface area (Å²) in [6.45, 7) is 2.36. The molecule has 4 N–H and O–H groups in total. The highest BCUT2D eigenvalue weighted by Crippen LogP contribution is 2.33. The van der Waals surface area contributed by atoms with Gasteiger partial charge in [-0.15, -0.1) is 0 Å². The second-order valence-electron chi connectivity index (χ2n) is 5.24. The van der Waals surface area contributed by atoms with Crippen LogP contribution in [0.25, 0.3) is 0 Å². The quantitative estimate of drug-likeness (QED) is 0.562. The first-order chi connectivity index (χ1) is 7.94. The van der Waals surface area contributed by atoms with Gasteiger partial charge in [-0.05, 0) is 19.3 Å². The number of nitrogens with two attached hydrogens (primary N) is 1. The highest BCUT2D eigenvalue weighted by atomic mass is 16.5. The minimum Gasteiger partial charge on any atom is -0.388 e. The zero-order chi connectivity index (χ0) is 12.9. The Morgan fingerprint density at radius 1 is 1.65 bits per heavy atom. The molecule has 0 heterocycles. The number of hydrogen-bond donors (Lipinski definition) is 3. The second-order valence-corrected chi connectivity index (χ2v) is 5.24. The van der Waals surface area contributed by atoms with Crippen LogP contribution in [0.15, 0.2) is 0 Å². The smallest absolute Gasteiger partial charge is 0.237 e. The van der Waals surface area contributed by atoms with Crippen LogP contribution in [0.1, 0.15) is 32.6 Å². The van der Waals surface area contributed by atoms with E-state index in [4.69, 9.17) is 10.5 Å². The van der Waals surface area contributed by atoms with E-state index in [-0.39, 0.29) is 12.5 Å². The molecule has 0 aromatic heterocycles. The largest absolute Gasteiger partial charge is 0.388 e. The van der Waals surface area contributed by atoms with Crippen LogP contribution in [-0.4, -0.2) is 42.9 Å². The van der Waals surface area contributed by atoms with E-state index < -0.39 is 11.6 Å². The van der Waals surface area contributed by atoms with Crippen LogP contribution in [0, 0.1) is 5.92 Å². The van der Waals surface area contributed by atoms with Crippen molar-refractivity contribution in [3.63, 3.8) is 0 Å². The number of rotatable bonds is 8. The first-order valence-corrected chi connectivity index (χ1v) is 6.19. The van der Waals surface area contributed by atoms with Gasteiger partial charge in [-0.3, -0.25) is 4.79 Å². The van der Waals surface area contributed by atoms with Crippen molar-refractivity contribution in [2.45, 2.75) is 44.2 Å². The summed E-state index contributed by atoms with van der Waals surface area (Å²) < 4.78 is 4.90. The Morgan fingerprint density at radius 3 is 2.82 bits per heavy atom. The second kappa shape index (κ2) is 6.33. The molecule has 1 aliphatic carbocycles. The Kier molecular flexibility index (Phi) is 5.36. The number of hydrogen-bond acceptors (Lipinski definition) is 4. The Hall–Kier alpha value is -0.650. The summed E-state index contributed by atoms with van der Waals surface area (Å²) in [5, 5.41) is 12.6.